The van der Waals surface area contributed by atoms with Gasteiger partial charge in [0.2, 0.25) is 5.91 Å². The molecule has 0 bridgehead atoms. The first kappa shape index (κ1) is 23.2. The van der Waals surface area contributed by atoms with Gasteiger partial charge in [-0.15, -0.1) is 0 Å². The van der Waals surface area contributed by atoms with E-state index in [0.29, 0.717) is 18.6 Å². The molecule has 2 heterocycles. The monoisotopic (exact) mass is 469 g/mol. The lowest BCUT2D eigenvalue weighted by molar-refractivity contribution is -0.137. The van der Waals surface area contributed by atoms with Gasteiger partial charge in [0.15, 0.2) is 5.84 Å². The van der Waals surface area contributed by atoms with Gasteiger partial charge in [-0.3, -0.25) is 14.6 Å². The zero-order valence-corrected chi connectivity index (χ0v) is 18.0. The van der Waals surface area contributed by atoms with Gasteiger partial charge in [-0.1, -0.05) is 54.6 Å². The summed E-state index contributed by atoms with van der Waals surface area (Å²) in [4.78, 5) is 35.1. The second-order valence-electron chi connectivity index (χ2n) is 7.80. The van der Waals surface area contributed by atoms with Crippen molar-refractivity contribution < 1.29 is 22.8 Å². The number of aromatic nitrogens is 1. The molecule has 1 aromatic carbocycles. The van der Waals surface area contributed by atoms with Crippen molar-refractivity contribution in [3.8, 4) is 0 Å². The van der Waals surface area contributed by atoms with Crippen LogP contribution in [-0.2, 0) is 22.3 Å². The highest BCUT2D eigenvalue weighted by molar-refractivity contribution is 6.38. The molecule has 1 aliphatic carbocycles. The Morgan fingerprint density at radius 2 is 1.79 bits per heavy atom. The number of hydrogen-bond acceptors (Lipinski definition) is 5. The minimum Gasteiger partial charge on any atom is -0.349 e. The number of fused-ring (bicyclic) bond motifs is 1. The van der Waals surface area contributed by atoms with E-state index < -0.39 is 23.6 Å². The largest absolute Gasteiger partial charge is 0.417 e. The molecular weight excluding hydrogens is 447 g/mol. The van der Waals surface area contributed by atoms with Gasteiger partial charge < -0.3 is 15.5 Å². The van der Waals surface area contributed by atoms with Gasteiger partial charge in [-0.25, -0.2) is 4.98 Å². The van der Waals surface area contributed by atoms with Crippen molar-refractivity contribution in [2.24, 2.45) is 4.99 Å². The molecule has 176 valence electrons. The van der Waals surface area contributed by atoms with E-state index in [1.165, 1.54) is 0 Å². The van der Waals surface area contributed by atoms with E-state index in [1.54, 1.807) is 0 Å². The number of allylic oxidation sites excluding steroid dienone is 2. The van der Waals surface area contributed by atoms with Crippen LogP contribution in [0.25, 0.3) is 0 Å². The summed E-state index contributed by atoms with van der Waals surface area (Å²) in [6.45, 7) is 0.539. The summed E-state index contributed by atoms with van der Waals surface area (Å²) in [6, 6.07) is 11.4. The van der Waals surface area contributed by atoms with Crippen LogP contribution in [0.4, 0.5) is 19.0 Å². The van der Waals surface area contributed by atoms with Crippen molar-refractivity contribution >= 4 is 23.5 Å². The van der Waals surface area contributed by atoms with Gasteiger partial charge >= 0.3 is 6.18 Å². The van der Waals surface area contributed by atoms with E-state index in [9.17, 15) is 22.8 Å². The summed E-state index contributed by atoms with van der Waals surface area (Å²) < 4.78 is 37.8. The highest BCUT2D eigenvalue weighted by atomic mass is 19.4. The molecule has 2 amide bonds. The lowest BCUT2D eigenvalue weighted by Gasteiger charge is -2.28. The zero-order chi connectivity index (χ0) is 24.1. The molecule has 34 heavy (non-hydrogen) atoms. The molecule has 0 fully saturated rings. The van der Waals surface area contributed by atoms with Gasteiger partial charge in [-0.05, 0) is 17.7 Å². The van der Waals surface area contributed by atoms with E-state index in [2.05, 4.69) is 20.6 Å². The standard InChI is InChI=1S/C24H22F3N5O2/c25-24(26,27)17-10-11-20(29-14-17)31-21(33)12-13-28-23(34)22-30-18-8-4-5-9-19(18)32(22)15-16-6-2-1-3-7-16/h1-11,14,18-19H,12-13,15H2,(H,28,34)(H,29,31,33). The van der Waals surface area contributed by atoms with E-state index >= 15 is 0 Å². The van der Waals surface area contributed by atoms with Crippen LogP contribution in [0.5, 0.6) is 0 Å². The minimum absolute atomic E-state index is 0.00109. The average Bonchev–Trinajstić information content (AvgIpc) is 3.18. The molecular formula is C24H22F3N5O2. The summed E-state index contributed by atoms with van der Waals surface area (Å²) in [5.74, 6) is -0.588. The molecule has 2 N–H and O–H groups in total. The summed E-state index contributed by atoms with van der Waals surface area (Å²) >= 11 is 0. The Labute approximate surface area is 194 Å². The maximum atomic E-state index is 12.9. The fourth-order valence-electron chi connectivity index (χ4n) is 3.71. The molecule has 2 atom stereocenters. The number of nitrogens with zero attached hydrogens (tertiary/aromatic N) is 3. The van der Waals surface area contributed by atoms with E-state index in [0.717, 1.165) is 17.7 Å². The fourth-order valence-corrected chi connectivity index (χ4v) is 3.71. The number of hydrogen-bond donors (Lipinski definition) is 2. The van der Waals surface area contributed by atoms with Crippen molar-refractivity contribution in [1.29, 1.82) is 0 Å². The van der Waals surface area contributed by atoms with Crippen LogP contribution in [0.3, 0.4) is 0 Å². The number of amidine groups is 1. The molecule has 10 heteroatoms. The molecule has 2 aliphatic rings. The summed E-state index contributed by atoms with van der Waals surface area (Å²) in [6.07, 6.45) is 3.84. The Morgan fingerprint density at radius 3 is 2.50 bits per heavy atom. The predicted octanol–water partition coefficient (Wildman–Crippen LogP) is 3.32. The third kappa shape index (κ3) is 5.51. The van der Waals surface area contributed by atoms with Crippen LogP contribution in [0.15, 0.2) is 78.0 Å². The van der Waals surface area contributed by atoms with E-state index in [-0.39, 0.29) is 30.9 Å². The number of amides is 2. The Balaban J connectivity index is 1.32. The molecule has 4 rings (SSSR count). The Bertz CT molecular complexity index is 1130. The Hall–Kier alpha value is -3.95. The minimum atomic E-state index is -4.50. The normalized spacial score (nSPS) is 18.9. The van der Waals surface area contributed by atoms with Crippen LogP contribution in [0.2, 0.25) is 0 Å². The maximum Gasteiger partial charge on any atom is 0.417 e. The maximum absolute atomic E-state index is 12.9. The van der Waals surface area contributed by atoms with Gasteiger partial charge in [0.1, 0.15) is 5.82 Å². The van der Waals surface area contributed by atoms with E-state index in [4.69, 9.17) is 0 Å². The second-order valence-corrected chi connectivity index (χ2v) is 7.80. The Kier molecular flexibility index (Phi) is 6.76. The molecule has 1 aromatic heterocycles. The average molecular weight is 469 g/mol. The van der Waals surface area contributed by atoms with Crippen LogP contribution in [0, 0.1) is 0 Å². The summed E-state index contributed by atoms with van der Waals surface area (Å²) in [5, 5.41) is 5.12. The second kappa shape index (κ2) is 9.90. The molecule has 0 spiro atoms. The number of anilines is 1. The molecule has 0 saturated heterocycles. The number of benzene rings is 1. The van der Waals surface area contributed by atoms with Crippen molar-refractivity contribution in [3.63, 3.8) is 0 Å². The number of alkyl halides is 3. The highest BCUT2D eigenvalue weighted by Crippen LogP contribution is 2.29. The summed E-state index contributed by atoms with van der Waals surface area (Å²) in [7, 11) is 0. The number of carbonyl (C=O) groups excluding carboxylic acids is 2. The van der Waals surface area contributed by atoms with Crippen LogP contribution >= 0.6 is 0 Å². The number of halogens is 3. The van der Waals surface area contributed by atoms with Crippen LogP contribution in [0.1, 0.15) is 17.5 Å². The number of nitrogens with one attached hydrogen (secondary N) is 2. The first-order chi connectivity index (χ1) is 16.3. The molecule has 2 unspecified atom stereocenters. The van der Waals surface area contributed by atoms with Crippen molar-refractivity contribution in [3.05, 3.63) is 84.1 Å². The van der Waals surface area contributed by atoms with Crippen LogP contribution < -0.4 is 10.6 Å². The van der Waals surface area contributed by atoms with Gasteiger partial charge in [-0.2, -0.15) is 13.2 Å². The SMILES string of the molecule is O=C(CCNC(=O)C1=NC2C=CC=CC2N1Cc1ccccc1)Nc1ccc(C(F)(F)F)cn1. The van der Waals surface area contributed by atoms with Crippen molar-refractivity contribution in [2.45, 2.75) is 31.2 Å². The van der Waals surface area contributed by atoms with Crippen LogP contribution in [-0.4, -0.2) is 46.2 Å². The fraction of sp³-hybridized carbons (Fsp3) is 0.250. The number of carbonyl (C=O) groups is 2. The third-order valence-electron chi connectivity index (χ3n) is 5.38. The summed E-state index contributed by atoms with van der Waals surface area (Å²) in [5.41, 5.74) is 0.135. The van der Waals surface area contributed by atoms with Crippen molar-refractivity contribution in [1.82, 2.24) is 15.2 Å². The lowest BCUT2D eigenvalue weighted by Crippen LogP contribution is -2.45. The topological polar surface area (TPSA) is 86.7 Å². The quantitative estimate of drug-likeness (QED) is 0.652. The van der Waals surface area contributed by atoms with Gasteiger partial charge in [0.05, 0.1) is 17.6 Å². The third-order valence-corrected chi connectivity index (χ3v) is 5.38. The van der Waals surface area contributed by atoms with Crippen molar-refractivity contribution in [2.75, 3.05) is 11.9 Å². The predicted molar refractivity (Wildman–Crippen MR) is 121 cm³/mol. The smallest absolute Gasteiger partial charge is 0.349 e. The number of rotatable bonds is 7. The first-order valence-corrected chi connectivity index (χ1v) is 10.7. The lowest BCUT2D eigenvalue weighted by atomic mass is 10.0. The van der Waals surface area contributed by atoms with E-state index in [1.807, 2.05) is 59.5 Å². The molecule has 1 aliphatic heterocycles. The molecule has 2 aromatic rings. The Morgan fingerprint density at radius 1 is 1.03 bits per heavy atom. The van der Waals surface area contributed by atoms with Gasteiger partial charge in [0, 0.05) is 25.7 Å². The molecule has 0 saturated carbocycles. The molecule has 0 radical (unpaired) electrons. The highest BCUT2D eigenvalue weighted by Gasteiger charge is 2.37. The number of aliphatic imine (C=N–C) groups is 1. The first-order valence-electron chi connectivity index (χ1n) is 10.7. The zero-order valence-electron chi connectivity index (χ0n) is 18.0. The van der Waals surface area contributed by atoms with Gasteiger partial charge in [0.25, 0.3) is 5.91 Å². The molecule has 7 nitrogen and oxygen atoms in total. The number of pyridine rings is 1.